The molecule has 0 radical (unpaired) electrons. The predicted octanol–water partition coefficient (Wildman–Crippen LogP) is 12.0. The van der Waals surface area contributed by atoms with Crippen molar-refractivity contribution < 1.29 is 0 Å². The Kier molecular flexibility index (Phi) is 6.05. The molecule has 2 heteroatoms. The summed E-state index contributed by atoms with van der Waals surface area (Å²) < 4.78 is 2.64. The van der Waals surface area contributed by atoms with Gasteiger partial charge in [0.25, 0.3) is 0 Å². The summed E-state index contributed by atoms with van der Waals surface area (Å²) in [6.07, 6.45) is 0. The van der Waals surface area contributed by atoms with Crippen molar-refractivity contribution >= 4 is 59.3 Å². The van der Waals surface area contributed by atoms with E-state index in [2.05, 4.69) is 169 Å². The van der Waals surface area contributed by atoms with Crippen molar-refractivity contribution in [1.82, 2.24) is 0 Å². The highest BCUT2D eigenvalue weighted by molar-refractivity contribution is 7.25. The van der Waals surface area contributed by atoms with Crippen LogP contribution in [0.3, 0.4) is 0 Å². The van der Waals surface area contributed by atoms with Crippen LogP contribution in [0.4, 0.5) is 17.1 Å². The fourth-order valence-electron chi connectivity index (χ4n) is 6.19. The van der Waals surface area contributed by atoms with Gasteiger partial charge in [0.1, 0.15) is 0 Å². The second-order valence-corrected chi connectivity index (χ2v) is 11.6. The minimum atomic E-state index is 1.13. The molecule has 0 bridgehead atoms. The summed E-state index contributed by atoms with van der Waals surface area (Å²) in [5.74, 6) is 0. The molecule has 42 heavy (non-hydrogen) atoms. The zero-order valence-electron chi connectivity index (χ0n) is 22.9. The molecule has 0 unspecified atom stereocenters. The number of rotatable bonds is 5. The minimum absolute atomic E-state index is 1.13. The monoisotopic (exact) mass is 553 g/mol. The van der Waals surface area contributed by atoms with Crippen LogP contribution >= 0.6 is 11.3 Å². The summed E-state index contributed by atoms with van der Waals surface area (Å²) >= 11 is 1.86. The van der Waals surface area contributed by atoms with E-state index in [0.29, 0.717) is 0 Å². The number of hydrogen-bond donors (Lipinski definition) is 0. The third kappa shape index (κ3) is 4.16. The molecular formula is C40H27NS. The van der Waals surface area contributed by atoms with E-state index in [1.54, 1.807) is 0 Å². The first kappa shape index (κ1) is 24.6. The molecule has 0 amide bonds. The molecule has 0 atom stereocenters. The summed E-state index contributed by atoms with van der Waals surface area (Å²) in [6, 6.07) is 59.1. The highest BCUT2D eigenvalue weighted by Crippen LogP contribution is 2.45. The van der Waals surface area contributed by atoms with Crippen molar-refractivity contribution in [3.8, 4) is 22.3 Å². The Morgan fingerprint density at radius 3 is 1.95 bits per heavy atom. The first-order valence-corrected chi connectivity index (χ1v) is 15.1. The molecule has 0 aliphatic rings. The summed E-state index contributed by atoms with van der Waals surface area (Å²) in [4.78, 5) is 2.40. The first-order chi connectivity index (χ1) is 20.8. The Morgan fingerprint density at radius 1 is 0.405 bits per heavy atom. The molecule has 0 fully saturated rings. The fraction of sp³-hybridized carbons (Fsp3) is 0. The number of thiophene rings is 1. The molecule has 7 aromatic carbocycles. The lowest BCUT2D eigenvalue weighted by molar-refractivity contribution is 1.28. The largest absolute Gasteiger partial charge is 0.310 e. The average Bonchev–Trinajstić information content (AvgIpc) is 3.45. The number of fused-ring (bicyclic) bond motifs is 4. The van der Waals surface area contributed by atoms with E-state index in [9.17, 15) is 0 Å². The molecule has 0 saturated heterocycles. The molecule has 1 heterocycles. The first-order valence-electron chi connectivity index (χ1n) is 14.3. The van der Waals surface area contributed by atoms with Gasteiger partial charge in [-0.05, 0) is 69.9 Å². The second kappa shape index (κ2) is 10.3. The van der Waals surface area contributed by atoms with Gasteiger partial charge in [0.05, 0.1) is 5.69 Å². The molecule has 0 saturated carbocycles. The SMILES string of the molecule is c1ccc(N(c2cccc(-c3cccc4sc5ccccc5c34)c2)c2ccccc2-c2cccc3ccccc23)cc1. The van der Waals surface area contributed by atoms with Gasteiger partial charge >= 0.3 is 0 Å². The Labute approximate surface area is 249 Å². The van der Waals surface area contributed by atoms with E-state index in [0.717, 1.165) is 17.1 Å². The maximum atomic E-state index is 2.40. The van der Waals surface area contributed by atoms with Crippen LogP contribution in [0.2, 0.25) is 0 Å². The van der Waals surface area contributed by atoms with E-state index in [-0.39, 0.29) is 0 Å². The van der Waals surface area contributed by atoms with Gasteiger partial charge in [-0.3, -0.25) is 0 Å². The Bertz CT molecular complexity index is 2200. The summed E-state index contributed by atoms with van der Waals surface area (Å²) in [5, 5.41) is 5.15. The van der Waals surface area contributed by atoms with Crippen LogP contribution in [-0.4, -0.2) is 0 Å². The van der Waals surface area contributed by atoms with Crippen molar-refractivity contribution in [2.45, 2.75) is 0 Å². The van der Waals surface area contributed by atoms with Crippen LogP contribution in [0.15, 0.2) is 164 Å². The lowest BCUT2D eigenvalue weighted by Crippen LogP contribution is -2.11. The smallest absolute Gasteiger partial charge is 0.0540 e. The maximum Gasteiger partial charge on any atom is 0.0540 e. The minimum Gasteiger partial charge on any atom is -0.310 e. The van der Waals surface area contributed by atoms with Crippen LogP contribution in [0.1, 0.15) is 0 Å². The molecule has 198 valence electrons. The summed E-state index contributed by atoms with van der Waals surface area (Å²) in [5.41, 5.74) is 8.32. The number of nitrogens with zero attached hydrogens (tertiary/aromatic N) is 1. The molecular weight excluding hydrogens is 527 g/mol. The van der Waals surface area contributed by atoms with Crippen molar-refractivity contribution in [3.63, 3.8) is 0 Å². The Balaban J connectivity index is 1.35. The maximum absolute atomic E-state index is 2.40. The van der Waals surface area contributed by atoms with E-state index >= 15 is 0 Å². The molecule has 1 nitrogen and oxygen atoms in total. The van der Waals surface area contributed by atoms with Gasteiger partial charge in [-0.2, -0.15) is 0 Å². The number of benzene rings is 7. The topological polar surface area (TPSA) is 3.24 Å². The average molecular weight is 554 g/mol. The van der Waals surface area contributed by atoms with Crippen LogP contribution in [0.5, 0.6) is 0 Å². The van der Waals surface area contributed by atoms with E-state index in [1.807, 2.05) is 11.3 Å². The molecule has 1 aromatic heterocycles. The van der Waals surface area contributed by atoms with Crippen molar-refractivity contribution in [3.05, 3.63) is 164 Å². The summed E-state index contributed by atoms with van der Waals surface area (Å²) in [6.45, 7) is 0. The molecule has 8 aromatic rings. The molecule has 8 rings (SSSR count). The van der Waals surface area contributed by atoms with Crippen LogP contribution in [0, 0.1) is 0 Å². The highest BCUT2D eigenvalue weighted by atomic mass is 32.1. The van der Waals surface area contributed by atoms with E-state index in [1.165, 1.54) is 53.2 Å². The second-order valence-electron chi connectivity index (χ2n) is 10.5. The standard InChI is InChI=1S/C40H27NS/c1-2-16-30(17-3-1)41(37-24-8-6-20-35(37)34-23-11-14-28-13-4-5-19-32(28)34)31-18-10-15-29(27-31)33-22-12-26-39-40(33)36-21-7-9-25-38(36)42-39/h1-27H. The highest BCUT2D eigenvalue weighted by Gasteiger charge is 2.19. The zero-order valence-corrected chi connectivity index (χ0v) is 23.8. The van der Waals surface area contributed by atoms with Gasteiger partial charge in [0.2, 0.25) is 0 Å². The normalized spacial score (nSPS) is 11.3. The number of para-hydroxylation sites is 2. The van der Waals surface area contributed by atoms with Gasteiger partial charge in [0.15, 0.2) is 0 Å². The Hall–Kier alpha value is -5.18. The van der Waals surface area contributed by atoms with Crippen molar-refractivity contribution in [2.75, 3.05) is 4.90 Å². The predicted molar refractivity (Wildman–Crippen MR) is 182 cm³/mol. The Morgan fingerprint density at radius 2 is 1.02 bits per heavy atom. The summed E-state index contributed by atoms with van der Waals surface area (Å²) in [7, 11) is 0. The van der Waals surface area contributed by atoms with Gasteiger partial charge in [0, 0.05) is 37.1 Å². The van der Waals surface area contributed by atoms with Gasteiger partial charge in [-0.25, -0.2) is 0 Å². The number of anilines is 3. The number of hydrogen-bond acceptors (Lipinski definition) is 2. The van der Waals surface area contributed by atoms with Gasteiger partial charge in [-0.1, -0.05) is 121 Å². The van der Waals surface area contributed by atoms with E-state index in [4.69, 9.17) is 0 Å². The fourth-order valence-corrected chi connectivity index (χ4v) is 7.32. The van der Waals surface area contributed by atoms with Crippen molar-refractivity contribution in [2.24, 2.45) is 0 Å². The van der Waals surface area contributed by atoms with Crippen LogP contribution in [0.25, 0.3) is 53.2 Å². The van der Waals surface area contributed by atoms with Gasteiger partial charge in [-0.15, -0.1) is 11.3 Å². The van der Waals surface area contributed by atoms with Crippen molar-refractivity contribution in [1.29, 1.82) is 0 Å². The molecule has 0 aliphatic heterocycles. The lowest BCUT2D eigenvalue weighted by Gasteiger charge is -2.28. The van der Waals surface area contributed by atoms with Crippen LogP contribution in [-0.2, 0) is 0 Å². The zero-order chi connectivity index (χ0) is 27.9. The molecule has 0 N–H and O–H groups in total. The third-order valence-electron chi connectivity index (χ3n) is 8.06. The quantitative estimate of drug-likeness (QED) is 0.205. The van der Waals surface area contributed by atoms with Gasteiger partial charge < -0.3 is 4.90 Å². The molecule has 0 aliphatic carbocycles. The molecule has 0 spiro atoms. The lowest BCUT2D eigenvalue weighted by atomic mass is 9.95. The van der Waals surface area contributed by atoms with E-state index < -0.39 is 0 Å². The van der Waals surface area contributed by atoms with Crippen LogP contribution < -0.4 is 4.90 Å². The third-order valence-corrected chi connectivity index (χ3v) is 9.19.